The van der Waals surface area contributed by atoms with Crippen LogP contribution < -0.4 is 0 Å². The molecule has 80 valence electrons. The molecule has 1 fully saturated rings. The van der Waals surface area contributed by atoms with Crippen molar-refractivity contribution in [3.63, 3.8) is 0 Å². The molecule has 0 amide bonds. The Balaban J connectivity index is 2.30. The third kappa shape index (κ3) is 4.07. The molecule has 0 bridgehead atoms. The lowest BCUT2D eigenvalue weighted by molar-refractivity contribution is -0.106. The van der Waals surface area contributed by atoms with Crippen LogP contribution in [0.25, 0.3) is 0 Å². The van der Waals surface area contributed by atoms with Crippen LogP contribution in [0.4, 0.5) is 0 Å². The molecular formula is C12H20O2. The van der Waals surface area contributed by atoms with Crippen LogP contribution in [0.5, 0.6) is 0 Å². The highest BCUT2D eigenvalue weighted by Gasteiger charge is 2.18. The summed E-state index contributed by atoms with van der Waals surface area (Å²) in [6.07, 6.45) is 6.41. The van der Waals surface area contributed by atoms with Gasteiger partial charge in [-0.05, 0) is 32.8 Å². The fourth-order valence-corrected chi connectivity index (χ4v) is 1.43. The van der Waals surface area contributed by atoms with Gasteiger partial charge in [-0.15, -0.1) is 0 Å². The maximum Gasteiger partial charge on any atom is 0.161 e. The molecule has 14 heavy (non-hydrogen) atoms. The summed E-state index contributed by atoms with van der Waals surface area (Å²) < 4.78 is 10.8. The molecule has 1 heterocycles. The standard InChI is InChI=1S/C12H20O2/c1-4-13-12-8-11(9-14-12)7-5-6-10(2)3/h6-7,12H,4-5,8-9H2,1-3H3/b11-7+. The molecule has 0 spiro atoms. The van der Waals surface area contributed by atoms with Crippen LogP contribution in [0.15, 0.2) is 23.3 Å². The van der Waals surface area contributed by atoms with Crippen molar-refractivity contribution in [3.8, 4) is 0 Å². The van der Waals surface area contributed by atoms with Crippen LogP contribution in [0.3, 0.4) is 0 Å². The van der Waals surface area contributed by atoms with Crippen LogP contribution in [0.2, 0.25) is 0 Å². The first-order chi connectivity index (χ1) is 6.72. The van der Waals surface area contributed by atoms with Gasteiger partial charge in [-0.1, -0.05) is 17.7 Å². The number of rotatable bonds is 4. The summed E-state index contributed by atoms with van der Waals surface area (Å²) in [5, 5.41) is 0. The van der Waals surface area contributed by atoms with E-state index in [1.54, 1.807) is 0 Å². The van der Waals surface area contributed by atoms with Crippen molar-refractivity contribution < 1.29 is 9.47 Å². The summed E-state index contributed by atoms with van der Waals surface area (Å²) in [5.74, 6) is 0. The Morgan fingerprint density at radius 1 is 1.57 bits per heavy atom. The molecule has 1 aliphatic heterocycles. The molecular weight excluding hydrogens is 176 g/mol. The monoisotopic (exact) mass is 196 g/mol. The molecule has 1 rings (SSSR count). The molecule has 1 unspecified atom stereocenters. The summed E-state index contributed by atoms with van der Waals surface area (Å²) in [4.78, 5) is 0. The van der Waals surface area contributed by atoms with Crippen molar-refractivity contribution in [2.75, 3.05) is 13.2 Å². The van der Waals surface area contributed by atoms with Crippen LogP contribution in [-0.4, -0.2) is 19.5 Å². The molecule has 0 saturated carbocycles. The summed E-state index contributed by atoms with van der Waals surface area (Å²) >= 11 is 0. The Kier molecular flexibility index (Phi) is 4.91. The van der Waals surface area contributed by atoms with Crippen LogP contribution in [0, 0.1) is 0 Å². The molecule has 1 aliphatic rings. The fourth-order valence-electron chi connectivity index (χ4n) is 1.43. The van der Waals surface area contributed by atoms with Crippen molar-refractivity contribution in [3.05, 3.63) is 23.3 Å². The molecule has 0 aromatic rings. The van der Waals surface area contributed by atoms with Crippen molar-refractivity contribution in [2.24, 2.45) is 0 Å². The van der Waals surface area contributed by atoms with Crippen molar-refractivity contribution in [1.82, 2.24) is 0 Å². The van der Waals surface area contributed by atoms with Crippen molar-refractivity contribution >= 4 is 0 Å². The maximum atomic E-state index is 5.45. The molecule has 0 N–H and O–H groups in total. The van der Waals surface area contributed by atoms with Gasteiger partial charge in [-0.2, -0.15) is 0 Å². The van der Waals surface area contributed by atoms with E-state index in [0.29, 0.717) is 0 Å². The Labute approximate surface area is 86.6 Å². The Bertz CT molecular complexity index is 224. The molecule has 0 aromatic carbocycles. The van der Waals surface area contributed by atoms with Gasteiger partial charge in [0.25, 0.3) is 0 Å². The summed E-state index contributed by atoms with van der Waals surface area (Å²) in [5.41, 5.74) is 2.73. The second kappa shape index (κ2) is 5.99. The number of hydrogen-bond acceptors (Lipinski definition) is 2. The predicted molar refractivity (Wildman–Crippen MR) is 58.1 cm³/mol. The highest BCUT2D eigenvalue weighted by atomic mass is 16.7. The van der Waals surface area contributed by atoms with E-state index in [1.165, 1.54) is 11.1 Å². The van der Waals surface area contributed by atoms with Gasteiger partial charge >= 0.3 is 0 Å². The minimum Gasteiger partial charge on any atom is -0.353 e. The van der Waals surface area contributed by atoms with Gasteiger partial charge in [-0.25, -0.2) is 0 Å². The third-order valence-corrected chi connectivity index (χ3v) is 2.17. The summed E-state index contributed by atoms with van der Waals surface area (Å²) in [6, 6.07) is 0. The SMILES string of the molecule is CCOC1C/C(=C\CC=C(C)C)CO1. The van der Waals surface area contributed by atoms with Crippen LogP contribution in [-0.2, 0) is 9.47 Å². The Morgan fingerprint density at radius 3 is 3.00 bits per heavy atom. The molecule has 0 radical (unpaired) electrons. The fraction of sp³-hybridized carbons (Fsp3) is 0.667. The molecule has 2 heteroatoms. The predicted octanol–water partition coefficient (Wildman–Crippen LogP) is 3.05. The van der Waals surface area contributed by atoms with Gasteiger partial charge in [0.05, 0.1) is 6.61 Å². The minimum atomic E-state index is -0.00190. The zero-order valence-corrected chi connectivity index (χ0v) is 9.38. The number of ether oxygens (including phenoxy) is 2. The lowest BCUT2D eigenvalue weighted by Gasteiger charge is -2.06. The van der Waals surface area contributed by atoms with Crippen LogP contribution in [0.1, 0.15) is 33.6 Å². The first kappa shape index (κ1) is 11.5. The molecule has 2 nitrogen and oxygen atoms in total. The van der Waals surface area contributed by atoms with Crippen LogP contribution >= 0.6 is 0 Å². The van der Waals surface area contributed by atoms with E-state index in [2.05, 4.69) is 26.0 Å². The van der Waals surface area contributed by atoms with E-state index < -0.39 is 0 Å². The van der Waals surface area contributed by atoms with Gasteiger partial charge in [0, 0.05) is 13.0 Å². The van der Waals surface area contributed by atoms with Gasteiger partial charge in [0.1, 0.15) is 0 Å². The summed E-state index contributed by atoms with van der Waals surface area (Å²) in [6.45, 7) is 7.70. The van der Waals surface area contributed by atoms with Crippen molar-refractivity contribution in [1.29, 1.82) is 0 Å². The lowest BCUT2D eigenvalue weighted by Crippen LogP contribution is -2.09. The average Bonchev–Trinajstić information content (AvgIpc) is 2.53. The third-order valence-electron chi connectivity index (χ3n) is 2.17. The minimum absolute atomic E-state index is 0.00190. The van der Waals surface area contributed by atoms with E-state index in [-0.39, 0.29) is 6.29 Å². The van der Waals surface area contributed by atoms with Gasteiger partial charge in [0.2, 0.25) is 0 Å². The highest BCUT2D eigenvalue weighted by molar-refractivity contribution is 5.10. The maximum absolute atomic E-state index is 5.45. The van der Waals surface area contributed by atoms with Gasteiger partial charge < -0.3 is 9.47 Å². The van der Waals surface area contributed by atoms with E-state index in [1.807, 2.05) is 6.92 Å². The Hall–Kier alpha value is -0.600. The molecule has 1 saturated heterocycles. The van der Waals surface area contributed by atoms with Gasteiger partial charge in [-0.3, -0.25) is 0 Å². The topological polar surface area (TPSA) is 18.5 Å². The average molecular weight is 196 g/mol. The quantitative estimate of drug-likeness (QED) is 0.643. The zero-order valence-electron chi connectivity index (χ0n) is 9.38. The molecule has 0 aromatic heterocycles. The summed E-state index contributed by atoms with van der Waals surface area (Å²) in [7, 11) is 0. The first-order valence-electron chi connectivity index (χ1n) is 5.27. The second-order valence-corrected chi connectivity index (χ2v) is 3.78. The molecule has 1 atom stereocenters. The van der Waals surface area contributed by atoms with E-state index in [0.717, 1.165) is 26.1 Å². The van der Waals surface area contributed by atoms with Gasteiger partial charge in [0.15, 0.2) is 6.29 Å². The van der Waals surface area contributed by atoms with Crippen molar-refractivity contribution in [2.45, 2.75) is 39.9 Å². The Morgan fingerprint density at radius 2 is 2.36 bits per heavy atom. The normalized spacial score (nSPS) is 24.2. The van der Waals surface area contributed by atoms with E-state index >= 15 is 0 Å². The molecule has 0 aliphatic carbocycles. The lowest BCUT2D eigenvalue weighted by atomic mass is 10.1. The second-order valence-electron chi connectivity index (χ2n) is 3.78. The smallest absolute Gasteiger partial charge is 0.161 e. The number of hydrogen-bond donors (Lipinski definition) is 0. The zero-order chi connectivity index (χ0) is 10.4. The largest absolute Gasteiger partial charge is 0.353 e. The van der Waals surface area contributed by atoms with E-state index in [4.69, 9.17) is 9.47 Å². The highest BCUT2D eigenvalue weighted by Crippen LogP contribution is 2.20. The first-order valence-corrected chi connectivity index (χ1v) is 5.27. The number of allylic oxidation sites excluding steroid dienone is 3. The van der Waals surface area contributed by atoms with E-state index in [9.17, 15) is 0 Å².